The first kappa shape index (κ1) is 14.1. The summed E-state index contributed by atoms with van der Waals surface area (Å²) >= 11 is 0. The van der Waals surface area contributed by atoms with Gasteiger partial charge in [-0.1, -0.05) is 11.8 Å². The highest BCUT2D eigenvalue weighted by Gasteiger charge is 2.33. The molecule has 0 radical (unpaired) electrons. The molecule has 2 aliphatic heterocycles. The molecule has 2 atom stereocenters. The maximum Gasteiger partial charge on any atom is 0.231 e. The van der Waals surface area contributed by atoms with E-state index in [0.717, 1.165) is 24.3 Å². The molecule has 2 aliphatic rings. The van der Waals surface area contributed by atoms with Crippen LogP contribution in [0.5, 0.6) is 17.2 Å². The third kappa shape index (κ3) is 2.41. The highest BCUT2D eigenvalue weighted by molar-refractivity contribution is 5.62. The van der Waals surface area contributed by atoms with Gasteiger partial charge in [0.25, 0.3) is 0 Å². The minimum Gasteiger partial charge on any atom is -0.492 e. The van der Waals surface area contributed by atoms with Crippen molar-refractivity contribution >= 4 is 0 Å². The maximum absolute atomic E-state index is 9.43. The second-order valence-corrected chi connectivity index (χ2v) is 5.31. The van der Waals surface area contributed by atoms with Gasteiger partial charge in [0, 0.05) is 12.1 Å². The van der Waals surface area contributed by atoms with Crippen molar-refractivity contribution in [3.05, 3.63) is 17.2 Å². The lowest BCUT2D eigenvalue weighted by Crippen LogP contribution is -2.32. The van der Waals surface area contributed by atoms with E-state index in [0.29, 0.717) is 11.5 Å². The number of ether oxygens (including phenoxy) is 3. The first-order chi connectivity index (χ1) is 10.1. The molecule has 1 N–H and O–H groups in total. The molecule has 0 aromatic heterocycles. The Morgan fingerprint density at radius 1 is 1.48 bits per heavy atom. The number of likely N-dealkylation sites (N-methyl/N-ethyl adjacent to an activating group) is 1. The molecule has 1 aromatic carbocycles. The Kier molecular flexibility index (Phi) is 3.66. The van der Waals surface area contributed by atoms with Crippen molar-refractivity contribution in [2.24, 2.45) is 0 Å². The predicted octanol–water partition coefficient (Wildman–Crippen LogP) is 1.34. The van der Waals surface area contributed by atoms with Gasteiger partial charge in [-0.3, -0.25) is 4.90 Å². The molecule has 0 amide bonds. The topological polar surface area (TPSA) is 51.2 Å². The number of benzene rings is 1. The van der Waals surface area contributed by atoms with E-state index in [1.807, 2.05) is 13.1 Å². The van der Waals surface area contributed by atoms with Crippen molar-refractivity contribution in [2.75, 3.05) is 27.5 Å². The SMILES string of the molecule is COc1c2c(cc3c1[C@@H](C#C[C@@H](C)O)N(C)CC3)OCO2. The summed E-state index contributed by atoms with van der Waals surface area (Å²) in [7, 11) is 3.65. The van der Waals surface area contributed by atoms with Crippen molar-refractivity contribution < 1.29 is 19.3 Å². The molecular formula is C16H19NO4. The van der Waals surface area contributed by atoms with Gasteiger partial charge in [-0.05, 0) is 32.0 Å². The van der Waals surface area contributed by atoms with Gasteiger partial charge in [-0.2, -0.15) is 0 Å². The molecule has 0 saturated heterocycles. The number of aliphatic hydroxyl groups excluding tert-OH is 1. The van der Waals surface area contributed by atoms with Crippen molar-refractivity contribution in [1.29, 1.82) is 0 Å². The lowest BCUT2D eigenvalue weighted by atomic mass is 9.91. The minimum absolute atomic E-state index is 0.118. The summed E-state index contributed by atoms with van der Waals surface area (Å²) in [5.41, 5.74) is 2.18. The fourth-order valence-corrected chi connectivity index (χ4v) is 2.81. The predicted molar refractivity (Wildman–Crippen MR) is 77.6 cm³/mol. The minimum atomic E-state index is -0.649. The van der Waals surface area contributed by atoms with Gasteiger partial charge in [-0.25, -0.2) is 0 Å². The molecule has 112 valence electrons. The number of hydrogen-bond acceptors (Lipinski definition) is 5. The van der Waals surface area contributed by atoms with Crippen LogP contribution in [0.15, 0.2) is 6.07 Å². The molecule has 21 heavy (non-hydrogen) atoms. The monoisotopic (exact) mass is 289 g/mol. The number of rotatable bonds is 1. The molecule has 0 spiro atoms. The Labute approximate surface area is 124 Å². The van der Waals surface area contributed by atoms with Crippen molar-refractivity contribution in [1.82, 2.24) is 4.90 Å². The standard InChI is InChI=1S/C16H19NO4/c1-10(18)4-5-12-14-11(6-7-17(12)2)8-13-15(16(14)19-3)21-9-20-13/h8,10,12,18H,6-7,9H2,1-3H3/t10-,12-/m1/s1. The fraction of sp³-hybridized carbons (Fsp3) is 0.500. The van der Waals surface area contributed by atoms with Crippen LogP contribution in [0.4, 0.5) is 0 Å². The Bertz CT molecular complexity index is 615. The van der Waals surface area contributed by atoms with Gasteiger partial charge in [0.05, 0.1) is 7.11 Å². The molecule has 5 nitrogen and oxygen atoms in total. The second kappa shape index (κ2) is 5.47. The Morgan fingerprint density at radius 3 is 3.00 bits per heavy atom. The average Bonchev–Trinajstić information content (AvgIpc) is 2.91. The lowest BCUT2D eigenvalue weighted by molar-refractivity contribution is 0.171. The lowest BCUT2D eigenvalue weighted by Gasteiger charge is -2.32. The van der Waals surface area contributed by atoms with Crippen LogP contribution in [0.2, 0.25) is 0 Å². The zero-order chi connectivity index (χ0) is 15.0. The Hall–Kier alpha value is -1.90. The highest BCUT2D eigenvalue weighted by Crippen LogP contribution is 2.49. The van der Waals surface area contributed by atoms with E-state index < -0.39 is 6.10 Å². The van der Waals surface area contributed by atoms with Gasteiger partial charge in [-0.15, -0.1) is 0 Å². The van der Waals surface area contributed by atoms with Gasteiger partial charge in [0.15, 0.2) is 11.5 Å². The van der Waals surface area contributed by atoms with E-state index in [-0.39, 0.29) is 12.8 Å². The first-order valence-corrected chi connectivity index (χ1v) is 7.00. The van der Waals surface area contributed by atoms with Gasteiger partial charge in [0.1, 0.15) is 12.1 Å². The molecular weight excluding hydrogens is 270 g/mol. The molecule has 0 aliphatic carbocycles. The average molecular weight is 289 g/mol. The van der Waals surface area contributed by atoms with E-state index in [1.54, 1.807) is 14.0 Å². The number of nitrogens with zero attached hydrogens (tertiary/aromatic N) is 1. The van der Waals surface area contributed by atoms with Crippen LogP contribution in [0, 0.1) is 11.8 Å². The zero-order valence-electron chi connectivity index (χ0n) is 12.5. The molecule has 0 unspecified atom stereocenters. The zero-order valence-corrected chi connectivity index (χ0v) is 12.5. The number of aliphatic hydroxyl groups is 1. The molecule has 3 rings (SSSR count). The Morgan fingerprint density at radius 2 is 2.29 bits per heavy atom. The van der Waals surface area contributed by atoms with Crippen LogP contribution in [0.1, 0.15) is 24.1 Å². The smallest absolute Gasteiger partial charge is 0.231 e. The molecule has 1 aromatic rings. The molecule has 0 saturated carbocycles. The summed E-state index contributed by atoms with van der Waals surface area (Å²) in [5.74, 6) is 8.06. The quantitative estimate of drug-likeness (QED) is 0.791. The summed E-state index contributed by atoms with van der Waals surface area (Å²) in [6, 6.07) is 1.90. The number of fused-ring (bicyclic) bond motifs is 2. The first-order valence-electron chi connectivity index (χ1n) is 7.00. The van der Waals surface area contributed by atoms with Crippen molar-refractivity contribution in [2.45, 2.75) is 25.5 Å². The van der Waals surface area contributed by atoms with Crippen LogP contribution in [-0.2, 0) is 6.42 Å². The van der Waals surface area contributed by atoms with E-state index in [4.69, 9.17) is 14.2 Å². The second-order valence-electron chi connectivity index (χ2n) is 5.31. The molecule has 2 heterocycles. The molecule has 0 bridgehead atoms. The van der Waals surface area contributed by atoms with Crippen LogP contribution < -0.4 is 14.2 Å². The summed E-state index contributed by atoms with van der Waals surface area (Å²) in [5, 5.41) is 9.43. The summed E-state index contributed by atoms with van der Waals surface area (Å²) < 4.78 is 16.6. The molecule has 5 heteroatoms. The van der Waals surface area contributed by atoms with E-state index >= 15 is 0 Å². The van der Waals surface area contributed by atoms with Gasteiger partial charge in [0.2, 0.25) is 12.5 Å². The largest absolute Gasteiger partial charge is 0.492 e. The van der Waals surface area contributed by atoms with E-state index in [9.17, 15) is 5.11 Å². The number of methoxy groups -OCH3 is 1. The summed E-state index contributed by atoms with van der Waals surface area (Å²) in [6.45, 7) is 2.77. The highest BCUT2D eigenvalue weighted by atomic mass is 16.7. The third-order valence-electron chi connectivity index (χ3n) is 3.82. The maximum atomic E-state index is 9.43. The van der Waals surface area contributed by atoms with Crippen LogP contribution >= 0.6 is 0 Å². The van der Waals surface area contributed by atoms with Crippen LogP contribution in [0.25, 0.3) is 0 Å². The van der Waals surface area contributed by atoms with E-state index in [2.05, 4.69) is 16.7 Å². The van der Waals surface area contributed by atoms with E-state index in [1.165, 1.54) is 5.56 Å². The molecule has 0 fully saturated rings. The van der Waals surface area contributed by atoms with Crippen molar-refractivity contribution in [3.63, 3.8) is 0 Å². The Balaban J connectivity index is 2.14. The van der Waals surface area contributed by atoms with Crippen molar-refractivity contribution in [3.8, 4) is 29.1 Å². The summed E-state index contributed by atoms with van der Waals surface area (Å²) in [4.78, 5) is 2.16. The van der Waals surface area contributed by atoms with Crippen LogP contribution in [-0.4, -0.2) is 43.6 Å². The third-order valence-corrected chi connectivity index (χ3v) is 3.82. The fourth-order valence-electron chi connectivity index (χ4n) is 2.81. The normalized spacial score (nSPS) is 21.2. The van der Waals surface area contributed by atoms with Crippen LogP contribution in [0.3, 0.4) is 0 Å². The summed E-state index contributed by atoms with van der Waals surface area (Å²) in [6.07, 6.45) is 0.259. The van der Waals surface area contributed by atoms with Gasteiger partial charge < -0.3 is 19.3 Å². The number of hydrogen-bond donors (Lipinski definition) is 1. The van der Waals surface area contributed by atoms with Gasteiger partial charge >= 0.3 is 0 Å².